The molecule has 120 valence electrons. The number of allylic oxidation sites excluding steroid dienone is 1. The number of aliphatic hydroxyl groups excluding tert-OH is 1. The van der Waals surface area contributed by atoms with Gasteiger partial charge in [0, 0.05) is 12.0 Å². The molecule has 24 heavy (non-hydrogen) atoms. The smallest absolute Gasteiger partial charge is 0.565 e. The molecule has 0 atom stereocenters. The number of fused-ring (bicyclic) bond motifs is 1. The summed E-state index contributed by atoms with van der Waals surface area (Å²) in [5.41, 5.74) is 5.14. The van der Waals surface area contributed by atoms with Gasteiger partial charge in [0.25, 0.3) is 0 Å². The summed E-state index contributed by atoms with van der Waals surface area (Å²) in [5.74, 6) is 0.114. The van der Waals surface area contributed by atoms with Crippen molar-refractivity contribution in [2.24, 2.45) is 5.41 Å². The van der Waals surface area contributed by atoms with Crippen molar-refractivity contribution in [3.8, 4) is 0 Å². The first-order chi connectivity index (χ1) is 11.0. The minimum absolute atomic E-state index is 0. The van der Waals surface area contributed by atoms with Crippen LogP contribution in [0.4, 0.5) is 0 Å². The third-order valence-corrected chi connectivity index (χ3v) is 4.55. The second-order valence-corrected chi connectivity index (χ2v) is 6.67. The normalized spacial score (nSPS) is 14.2. The molecule has 0 bridgehead atoms. The van der Waals surface area contributed by atoms with Crippen molar-refractivity contribution in [3.05, 3.63) is 77.4 Å². The fourth-order valence-electron chi connectivity index (χ4n) is 3.33. The van der Waals surface area contributed by atoms with Gasteiger partial charge >= 0.3 is 31.1 Å². The average Bonchev–Trinajstić information content (AvgIpc) is 2.54. The number of rotatable bonds is 3. The molecule has 0 unspecified atom stereocenters. The topological polar surface area (TPSA) is 37.3 Å². The summed E-state index contributed by atoms with van der Waals surface area (Å²) < 4.78 is 0. The minimum atomic E-state index is -0.607. The number of hydrogen-bond donors (Lipinski definition) is 1. The molecular formula is C21H21O2U+. The van der Waals surface area contributed by atoms with Gasteiger partial charge in [-0.25, -0.2) is 6.61 Å². The van der Waals surface area contributed by atoms with Crippen LogP contribution in [0.5, 0.6) is 0 Å². The number of carbonyl (C=O) groups excluding carboxylic acids is 1. The fourth-order valence-corrected chi connectivity index (χ4v) is 3.33. The molecule has 0 radical (unpaired) electrons. The van der Waals surface area contributed by atoms with Crippen molar-refractivity contribution < 1.29 is 41.0 Å². The minimum Gasteiger partial charge on any atom is -0.565 e. The van der Waals surface area contributed by atoms with Gasteiger partial charge < -0.3 is 5.11 Å². The van der Waals surface area contributed by atoms with E-state index in [9.17, 15) is 9.90 Å². The van der Waals surface area contributed by atoms with Gasteiger partial charge in [-0.3, -0.25) is 4.79 Å². The van der Waals surface area contributed by atoms with E-state index in [1.165, 1.54) is 6.61 Å². The third-order valence-electron chi connectivity index (χ3n) is 4.55. The van der Waals surface area contributed by atoms with Crippen LogP contribution in [0.3, 0.4) is 0 Å². The van der Waals surface area contributed by atoms with Crippen molar-refractivity contribution in [3.63, 3.8) is 0 Å². The van der Waals surface area contributed by atoms with Crippen LogP contribution in [0, 0.1) is 50.1 Å². The molecule has 0 amide bonds. The maximum absolute atomic E-state index is 12.9. The zero-order chi connectivity index (χ0) is 16.6. The van der Waals surface area contributed by atoms with Gasteiger partial charge in [-0.2, -0.15) is 0 Å². The summed E-state index contributed by atoms with van der Waals surface area (Å²) in [6.45, 7) is 7.09. The average molecular weight is 543 g/mol. The predicted molar refractivity (Wildman–Crippen MR) is 93.2 cm³/mol. The van der Waals surface area contributed by atoms with E-state index >= 15 is 0 Å². The van der Waals surface area contributed by atoms with E-state index in [0.717, 1.165) is 33.4 Å². The van der Waals surface area contributed by atoms with Crippen molar-refractivity contribution >= 4 is 16.9 Å². The Labute approximate surface area is 167 Å². The summed E-state index contributed by atoms with van der Waals surface area (Å²) in [4.78, 5) is 12.9. The number of aliphatic hydroxyl groups is 1. The molecule has 0 heterocycles. The molecule has 2 aromatic rings. The van der Waals surface area contributed by atoms with Crippen molar-refractivity contribution in [1.29, 1.82) is 0 Å². The molecule has 0 spiro atoms. The van der Waals surface area contributed by atoms with Crippen molar-refractivity contribution in [2.45, 2.75) is 27.2 Å². The van der Waals surface area contributed by atoms with Gasteiger partial charge in [0.2, 0.25) is 0 Å². The van der Waals surface area contributed by atoms with E-state index < -0.39 is 5.41 Å². The van der Waals surface area contributed by atoms with Crippen LogP contribution in [0.2, 0.25) is 0 Å². The molecule has 0 aromatic heterocycles. The first-order valence-corrected chi connectivity index (χ1v) is 7.86. The van der Waals surface area contributed by atoms with Crippen LogP contribution in [0.1, 0.15) is 36.1 Å². The van der Waals surface area contributed by atoms with Gasteiger partial charge in [-0.05, 0) is 29.2 Å². The number of ketones is 1. The van der Waals surface area contributed by atoms with E-state index in [4.69, 9.17) is 0 Å². The molecule has 1 aliphatic rings. The van der Waals surface area contributed by atoms with Crippen LogP contribution >= 0.6 is 0 Å². The number of carbonyl (C=O) groups is 1. The number of Topliss-reactive ketones (excluding diaryl/α,β-unsaturated/α-hetero) is 1. The Morgan fingerprint density at radius 1 is 1.00 bits per heavy atom. The maximum Gasteiger partial charge on any atom is 2.00 e. The number of hydrogen-bond acceptors (Lipinski definition) is 2. The zero-order valence-corrected chi connectivity index (χ0v) is 18.4. The quantitative estimate of drug-likeness (QED) is 0.576. The first kappa shape index (κ1) is 19.2. The second-order valence-electron chi connectivity index (χ2n) is 6.67. The van der Waals surface area contributed by atoms with Crippen LogP contribution < -0.4 is 0 Å². The Morgan fingerprint density at radius 3 is 2.21 bits per heavy atom. The van der Waals surface area contributed by atoms with E-state index in [1.54, 1.807) is 0 Å². The van der Waals surface area contributed by atoms with Gasteiger partial charge in [0.15, 0.2) is 5.78 Å². The predicted octanol–water partition coefficient (Wildman–Crippen LogP) is 4.59. The summed E-state index contributed by atoms with van der Waals surface area (Å²) >= 11 is 0. The van der Waals surface area contributed by atoms with E-state index in [0.29, 0.717) is 6.42 Å². The SMILES string of the molecule is Cc1ccccc1C1=C(C(C)(C)[CH-]O)c2ccccc2CC1=O.[U+2]. The van der Waals surface area contributed by atoms with Crippen molar-refractivity contribution in [2.75, 3.05) is 0 Å². The van der Waals surface area contributed by atoms with Gasteiger partial charge in [0.05, 0.1) is 0 Å². The Hall–Kier alpha value is -1.14. The first-order valence-electron chi connectivity index (χ1n) is 7.86. The Balaban J connectivity index is 0.00000208. The molecule has 2 nitrogen and oxygen atoms in total. The standard InChI is InChI=1S/C21H21O2.U/c1-14-8-4-6-10-16(14)19-18(23)12-15-9-5-7-11-17(15)20(19)21(2,3)13-22;/h4-11,13,22H,12H2,1-3H3;/q-1;+2. The summed E-state index contributed by atoms with van der Waals surface area (Å²) in [6, 6.07) is 15.9. The molecule has 1 aliphatic carbocycles. The zero-order valence-electron chi connectivity index (χ0n) is 14.3. The molecule has 3 rings (SSSR count). The summed E-state index contributed by atoms with van der Waals surface area (Å²) in [6.07, 6.45) is 0.408. The molecule has 0 fully saturated rings. The summed E-state index contributed by atoms with van der Waals surface area (Å²) in [7, 11) is 0. The second kappa shape index (κ2) is 7.40. The molecule has 3 heteroatoms. The molecule has 0 saturated heterocycles. The van der Waals surface area contributed by atoms with Crippen LogP contribution in [-0.2, 0) is 11.2 Å². The number of benzene rings is 2. The molecule has 1 N–H and O–H groups in total. The van der Waals surface area contributed by atoms with Crippen molar-refractivity contribution in [1.82, 2.24) is 0 Å². The van der Waals surface area contributed by atoms with Crippen LogP contribution in [0.25, 0.3) is 11.1 Å². The van der Waals surface area contributed by atoms with Gasteiger partial charge in [0.1, 0.15) is 0 Å². The molecular weight excluding hydrogens is 522 g/mol. The Morgan fingerprint density at radius 2 is 1.58 bits per heavy atom. The third kappa shape index (κ3) is 3.31. The van der Waals surface area contributed by atoms with Crippen LogP contribution in [-0.4, -0.2) is 10.9 Å². The molecule has 0 saturated carbocycles. The molecule has 2 aromatic carbocycles. The number of aryl methyl sites for hydroxylation is 1. The molecule has 0 aliphatic heterocycles. The van der Waals surface area contributed by atoms with E-state index in [2.05, 4.69) is 0 Å². The van der Waals surface area contributed by atoms with Crippen LogP contribution in [0.15, 0.2) is 48.5 Å². The van der Waals surface area contributed by atoms with Gasteiger partial charge in [-0.1, -0.05) is 68.0 Å². The Kier molecular flexibility index (Phi) is 5.92. The summed E-state index contributed by atoms with van der Waals surface area (Å²) in [5, 5.41) is 9.82. The Bertz CT molecular complexity index is 803. The maximum atomic E-state index is 12.9. The monoisotopic (exact) mass is 543 g/mol. The fraction of sp³-hybridized carbons (Fsp3) is 0.238. The van der Waals surface area contributed by atoms with E-state index in [-0.39, 0.29) is 36.9 Å². The van der Waals surface area contributed by atoms with E-state index in [1.807, 2.05) is 69.3 Å². The van der Waals surface area contributed by atoms with Gasteiger partial charge in [-0.15, -0.1) is 5.41 Å². The largest absolute Gasteiger partial charge is 2.00 e.